The van der Waals surface area contributed by atoms with Crippen molar-refractivity contribution < 1.29 is 53.1 Å². The Kier molecular flexibility index (Phi) is 13.7. The average Bonchev–Trinajstić information content (AvgIpc) is 3.59. The zero-order chi connectivity index (χ0) is 55.1. The van der Waals surface area contributed by atoms with E-state index in [1.54, 1.807) is 36.4 Å². The molecule has 0 aliphatic carbocycles. The number of nitro benzene ring substituents is 3. The van der Waals surface area contributed by atoms with Gasteiger partial charge in [0.2, 0.25) is 0 Å². The van der Waals surface area contributed by atoms with Crippen LogP contribution in [-0.2, 0) is 0 Å². The minimum Gasteiger partial charge on any atom is -0.352 e. The van der Waals surface area contributed by atoms with Crippen molar-refractivity contribution in [2.45, 2.75) is 12.8 Å². The lowest BCUT2D eigenvalue weighted by Gasteiger charge is -2.28. The molecule has 0 saturated heterocycles. The van der Waals surface area contributed by atoms with E-state index in [1.165, 1.54) is 54.6 Å². The lowest BCUT2D eigenvalue weighted by molar-refractivity contribution is -0.384. The van der Waals surface area contributed by atoms with E-state index in [0.717, 1.165) is 32.9 Å². The van der Waals surface area contributed by atoms with E-state index in [0.29, 0.717) is 34.4 Å². The fourth-order valence-electron chi connectivity index (χ4n) is 10.0. The summed E-state index contributed by atoms with van der Waals surface area (Å²) < 4.78 is 0. The van der Waals surface area contributed by atoms with Gasteiger partial charge < -0.3 is 21.3 Å². The van der Waals surface area contributed by atoms with Gasteiger partial charge in [-0.15, -0.1) is 0 Å². The van der Waals surface area contributed by atoms with E-state index in [2.05, 4.69) is 21.3 Å². The molecule has 24 nitrogen and oxygen atoms in total. The molecule has 0 atom stereocenters. The fraction of sp³-hybridized carbons (Fsp3) is 0.185. The van der Waals surface area contributed by atoms with Gasteiger partial charge in [0.15, 0.2) is 0 Å². The Bertz CT molecular complexity index is 3680. The van der Waals surface area contributed by atoms with Gasteiger partial charge in [-0.05, 0) is 78.5 Å². The minimum absolute atomic E-state index is 0.0432. The summed E-state index contributed by atoms with van der Waals surface area (Å²) in [4.78, 5) is 146. The van der Waals surface area contributed by atoms with Crippen LogP contribution in [0.15, 0.2) is 109 Å². The van der Waals surface area contributed by atoms with Crippen molar-refractivity contribution in [2.24, 2.45) is 0 Å². The summed E-state index contributed by atoms with van der Waals surface area (Å²) in [5.41, 5.74) is -0.913. The normalized spacial score (nSPS) is 13.7. The molecule has 78 heavy (non-hydrogen) atoms. The van der Waals surface area contributed by atoms with E-state index in [-0.39, 0.29) is 125 Å². The summed E-state index contributed by atoms with van der Waals surface area (Å²) in [6, 6.07) is 24.9. The summed E-state index contributed by atoms with van der Waals surface area (Å²) in [6.07, 6.45) is 0.650. The highest BCUT2D eigenvalue weighted by Crippen LogP contribution is 2.38. The molecule has 24 heteroatoms. The van der Waals surface area contributed by atoms with Gasteiger partial charge in [-0.2, -0.15) is 0 Å². The highest BCUT2D eigenvalue weighted by atomic mass is 16.6. The number of hydrogen-bond donors (Lipinski definition) is 4. The van der Waals surface area contributed by atoms with Crippen LogP contribution in [0.2, 0.25) is 0 Å². The molecule has 0 saturated carbocycles. The van der Waals surface area contributed by atoms with Gasteiger partial charge in [0.05, 0.1) is 37.1 Å². The molecule has 0 radical (unpaired) electrons. The molecule has 7 aromatic carbocycles. The molecular weight excluding hydrogens is 1010 g/mol. The molecule has 392 valence electrons. The van der Waals surface area contributed by atoms with Crippen LogP contribution < -0.4 is 26.2 Å². The maximum absolute atomic E-state index is 14.2. The molecule has 3 aliphatic heterocycles. The SMILES string of the molecule is O=C(NCCCNCCN1C(=O)c2cccc3cc([N+](=O)[O-])cc(c23)C1=O)c1cc(C(=O)NCCCNCCN2C(=O)c3cccc4cc([N+](=O)[O-])cc(c34)C2=O)cc(N2C(=O)c3cccc4cc([N+](=O)[O-])cc(c34)C2=O)c1. The number of nitrogens with one attached hydrogen (secondary N) is 4. The molecule has 3 heterocycles. The molecule has 4 N–H and O–H groups in total. The van der Waals surface area contributed by atoms with Crippen molar-refractivity contribution in [1.29, 1.82) is 0 Å². The van der Waals surface area contributed by atoms with Crippen LogP contribution >= 0.6 is 0 Å². The Morgan fingerprint density at radius 1 is 0.410 bits per heavy atom. The van der Waals surface area contributed by atoms with Gasteiger partial charge >= 0.3 is 0 Å². The smallest absolute Gasteiger partial charge is 0.270 e. The third-order valence-corrected chi connectivity index (χ3v) is 13.6. The summed E-state index contributed by atoms with van der Waals surface area (Å²) in [6.45, 7) is 0.868. The number of non-ortho nitro benzene ring substituents is 3. The van der Waals surface area contributed by atoms with E-state index in [4.69, 9.17) is 0 Å². The standard InChI is InChI=1S/C54H42N10O14/c65-47(57-14-4-12-55-16-18-59-49(67)38-9-1-6-29-21-35(62(73)74)26-41(44(29)38)51(59)69)32-20-33(25-34(24-32)61-53(71)40-11-3-8-31-23-37(64(77)78)28-43(46(31)40)54(61)72)48(66)58-15-5-13-56-17-19-60-50(68)39-10-2-7-30-22-36(63(75)76)27-42(45(30)39)52(60)70/h1-3,6-11,20-28,55-56H,4-5,12-19H2,(H,57,65)(H,58,66). The maximum Gasteiger partial charge on any atom is 0.270 e. The van der Waals surface area contributed by atoms with Crippen molar-refractivity contribution in [1.82, 2.24) is 31.1 Å². The first kappa shape index (κ1) is 51.3. The number of carbonyl (C=O) groups is 8. The highest BCUT2D eigenvalue weighted by Gasteiger charge is 2.38. The summed E-state index contributed by atoms with van der Waals surface area (Å²) in [5.74, 6) is -5.57. The number of rotatable bonds is 20. The van der Waals surface area contributed by atoms with Crippen LogP contribution in [0.5, 0.6) is 0 Å². The molecule has 10 rings (SSSR count). The second-order valence-corrected chi connectivity index (χ2v) is 18.4. The third-order valence-electron chi connectivity index (χ3n) is 13.6. The van der Waals surface area contributed by atoms with Crippen LogP contribution in [0.3, 0.4) is 0 Å². The van der Waals surface area contributed by atoms with Crippen molar-refractivity contribution in [3.63, 3.8) is 0 Å². The molecule has 0 aromatic heterocycles. The number of imide groups is 3. The van der Waals surface area contributed by atoms with Crippen LogP contribution in [0.4, 0.5) is 22.7 Å². The minimum atomic E-state index is -0.931. The van der Waals surface area contributed by atoms with Crippen molar-refractivity contribution >= 4 is 102 Å². The van der Waals surface area contributed by atoms with Crippen molar-refractivity contribution in [2.75, 3.05) is 57.3 Å². The Balaban J connectivity index is 0.780. The average molecular weight is 1050 g/mol. The fourth-order valence-corrected chi connectivity index (χ4v) is 10.0. The van der Waals surface area contributed by atoms with Gasteiger partial charge in [0.1, 0.15) is 0 Å². The number of nitrogens with zero attached hydrogens (tertiary/aromatic N) is 6. The quantitative estimate of drug-likeness (QED) is 0.0309. The first-order valence-corrected chi connectivity index (χ1v) is 24.4. The molecule has 0 bridgehead atoms. The van der Waals surface area contributed by atoms with Crippen LogP contribution in [-0.4, -0.2) is 124 Å². The topological polar surface area (TPSA) is 324 Å². The summed E-state index contributed by atoms with van der Waals surface area (Å²) in [5, 5.41) is 48.7. The van der Waals surface area contributed by atoms with Crippen molar-refractivity contribution in [3.8, 4) is 0 Å². The molecule has 3 aliphatic rings. The number of benzene rings is 7. The van der Waals surface area contributed by atoms with E-state index < -0.39 is 67.7 Å². The van der Waals surface area contributed by atoms with Crippen LogP contribution in [0.25, 0.3) is 32.3 Å². The summed E-state index contributed by atoms with van der Waals surface area (Å²) >= 11 is 0. The van der Waals surface area contributed by atoms with Gasteiger partial charge in [0, 0.05) is 120 Å². The molecule has 0 spiro atoms. The second-order valence-electron chi connectivity index (χ2n) is 18.4. The first-order chi connectivity index (χ1) is 37.5. The van der Waals surface area contributed by atoms with Crippen LogP contribution in [0.1, 0.15) is 95.7 Å². The molecule has 7 aromatic rings. The second kappa shape index (κ2) is 20.8. The lowest BCUT2D eigenvalue weighted by Crippen LogP contribution is -2.44. The highest BCUT2D eigenvalue weighted by molar-refractivity contribution is 6.36. The van der Waals surface area contributed by atoms with Gasteiger partial charge in [0.25, 0.3) is 64.3 Å². The first-order valence-electron chi connectivity index (χ1n) is 24.4. The van der Waals surface area contributed by atoms with E-state index in [9.17, 15) is 68.7 Å². The molecular formula is C54H42N10O14. The van der Waals surface area contributed by atoms with E-state index in [1.807, 2.05) is 0 Å². The zero-order valence-corrected chi connectivity index (χ0v) is 40.9. The largest absolute Gasteiger partial charge is 0.352 e. The monoisotopic (exact) mass is 1050 g/mol. The van der Waals surface area contributed by atoms with Gasteiger partial charge in [-0.3, -0.25) is 78.5 Å². The van der Waals surface area contributed by atoms with Crippen molar-refractivity contribution in [3.05, 3.63) is 184 Å². The maximum atomic E-state index is 14.2. The molecule has 8 amide bonds. The Morgan fingerprint density at radius 2 is 0.756 bits per heavy atom. The number of carbonyl (C=O) groups excluding carboxylic acids is 8. The number of anilines is 1. The third kappa shape index (κ3) is 9.36. The lowest BCUT2D eigenvalue weighted by atomic mass is 9.92. The zero-order valence-electron chi connectivity index (χ0n) is 40.9. The Hall–Kier alpha value is -10.2. The number of hydrogen-bond acceptors (Lipinski definition) is 16. The Morgan fingerprint density at radius 3 is 1.14 bits per heavy atom. The van der Waals surface area contributed by atoms with Gasteiger partial charge in [-0.1, -0.05) is 36.4 Å². The number of nitro groups is 3. The predicted molar refractivity (Wildman–Crippen MR) is 280 cm³/mol. The van der Waals surface area contributed by atoms with E-state index >= 15 is 0 Å². The number of amides is 8. The molecule has 0 fully saturated rings. The molecule has 0 unspecified atom stereocenters. The van der Waals surface area contributed by atoms with Crippen LogP contribution in [0, 0.1) is 30.3 Å². The van der Waals surface area contributed by atoms with Gasteiger partial charge in [-0.25, -0.2) is 4.90 Å². The predicted octanol–water partition coefficient (Wildman–Crippen LogP) is 5.68. The Labute approximate surface area is 439 Å². The summed E-state index contributed by atoms with van der Waals surface area (Å²) in [7, 11) is 0.